The summed E-state index contributed by atoms with van der Waals surface area (Å²) in [7, 11) is 0. The zero-order valence-corrected chi connectivity index (χ0v) is 16.9. The first kappa shape index (κ1) is 21.0. The fourth-order valence-electron chi connectivity index (χ4n) is 3.21. The lowest BCUT2D eigenvalue weighted by molar-refractivity contribution is -0.119. The Morgan fingerprint density at radius 3 is 2.59 bits per heavy atom. The van der Waals surface area contributed by atoms with E-state index in [9.17, 15) is 14.0 Å². The molecule has 4 rings (SSSR count). The largest absolute Gasteiger partial charge is 0.439 e. The van der Waals surface area contributed by atoms with Crippen LogP contribution in [-0.2, 0) is 16.1 Å². The van der Waals surface area contributed by atoms with E-state index in [-0.39, 0.29) is 24.5 Å². The Balaban J connectivity index is 1.41. The summed E-state index contributed by atoms with van der Waals surface area (Å²) >= 11 is 0. The van der Waals surface area contributed by atoms with Crippen LogP contribution in [0.3, 0.4) is 0 Å². The molecule has 0 bridgehead atoms. The summed E-state index contributed by atoms with van der Waals surface area (Å²) in [6, 6.07) is 17.3. The molecule has 2 amide bonds. The third kappa shape index (κ3) is 4.89. The van der Waals surface area contributed by atoms with Crippen LogP contribution < -0.4 is 20.8 Å². The van der Waals surface area contributed by atoms with Crippen molar-refractivity contribution in [2.45, 2.75) is 19.0 Å². The molecule has 0 fully saturated rings. The predicted octanol–water partition coefficient (Wildman–Crippen LogP) is 2.75. The second-order valence-electron chi connectivity index (χ2n) is 7.09. The monoisotopic (exact) mass is 433 g/mol. The fraction of sp³-hybridized carbons (Fsp3) is 0.130. The third-order valence-electron chi connectivity index (χ3n) is 4.81. The summed E-state index contributed by atoms with van der Waals surface area (Å²) in [6.45, 7) is 0.201. The maximum Gasteiger partial charge on any atom is 0.267 e. The lowest BCUT2D eigenvalue weighted by Crippen LogP contribution is -2.39. The number of primary amides is 1. The standard InChI is InChI=1S/C23H20FN5O3/c24-16-6-8-18(9-7-16)32-21-12-15(10-11-26-21)14-27-23(31)19-13-20(22(25)30)29(28-19)17-4-2-1-3-5-17/h1-12,20H,13-14H2,(H2,25,30)(H,27,31). The van der Waals surface area contributed by atoms with Gasteiger partial charge in [0.05, 0.1) is 5.69 Å². The number of nitrogens with two attached hydrogens (primary N) is 1. The summed E-state index contributed by atoms with van der Waals surface area (Å²) in [5, 5.41) is 8.58. The number of carbonyl (C=O) groups excluding carboxylic acids is 2. The normalized spacial score (nSPS) is 15.2. The number of hydrogen-bond donors (Lipinski definition) is 2. The van der Waals surface area contributed by atoms with Gasteiger partial charge >= 0.3 is 0 Å². The highest BCUT2D eigenvalue weighted by Gasteiger charge is 2.34. The average Bonchev–Trinajstić information content (AvgIpc) is 3.26. The Morgan fingerprint density at radius 1 is 1.12 bits per heavy atom. The molecule has 8 nitrogen and oxygen atoms in total. The van der Waals surface area contributed by atoms with Crippen LogP contribution >= 0.6 is 0 Å². The van der Waals surface area contributed by atoms with Crippen LogP contribution in [0, 0.1) is 5.82 Å². The van der Waals surface area contributed by atoms with Gasteiger partial charge in [-0.3, -0.25) is 14.6 Å². The number of rotatable bonds is 7. The molecular weight excluding hydrogens is 413 g/mol. The number of benzene rings is 2. The highest BCUT2D eigenvalue weighted by atomic mass is 19.1. The first-order valence-electron chi connectivity index (χ1n) is 9.87. The van der Waals surface area contributed by atoms with Gasteiger partial charge < -0.3 is 15.8 Å². The molecule has 2 aromatic carbocycles. The number of anilines is 1. The van der Waals surface area contributed by atoms with Gasteiger partial charge in [-0.25, -0.2) is 9.37 Å². The molecule has 3 N–H and O–H groups in total. The number of nitrogens with one attached hydrogen (secondary N) is 1. The van der Waals surface area contributed by atoms with Gasteiger partial charge in [-0.1, -0.05) is 18.2 Å². The molecule has 2 heterocycles. The van der Waals surface area contributed by atoms with E-state index < -0.39 is 17.9 Å². The van der Waals surface area contributed by atoms with E-state index in [1.54, 1.807) is 30.5 Å². The van der Waals surface area contributed by atoms with Crippen molar-refractivity contribution in [3.8, 4) is 11.6 Å². The number of halogens is 1. The molecule has 1 aromatic heterocycles. The number of hydrazone groups is 1. The average molecular weight is 433 g/mol. The molecule has 0 aliphatic carbocycles. The quantitative estimate of drug-likeness (QED) is 0.595. The van der Waals surface area contributed by atoms with Crippen LogP contribution in [0.2, 0.25) is 0 Å². The zero-order valence-electron chi connectivity index (χ0n) is 16.9. The number of pyridine rings is 1. The first-order chi connectivity index (χ1) is 15.5. The summed E-state index contributed by atoms with van der Waals surface area (Å²) in [5.74, 6) is -0.560. The van der Waals surface area contributed by atoms with Gasteiger partial charge in [0, 0.05) is 25.2 Å². The molecule has 0 radical (unpaired) electrons. The van der Waals surface area contributed by atoms with Gasteiger partial charge in [0.1, 0.15) is 23.3 Å². The molecule has 3 aromatic rings. The van der Waals surface area contributed by atoms with Crippen LogP contribution in [0.5, 0.6) is 11.6 Å². The van der Waals surface area contributed by atoms with Crippen molar-refractivity contribution < 1.29 is 18.7 Å². The van der Waals surface area contributed by atoms with E-state index >= 15 is 0 Å². The summed E-state index contributed by atoms with van der Waals surface area (Å²) in [6.07, 6.45) is 1.67. The van der Waals surface area contributed by atoms with Gasteiger partial charge in [0.15, 0.2) is 0 Å². The number of amides is 2. The van der Waals surface area contributed by atoms with Crippen molar-refractivity contribution in [3.05, 3.63) is 84.3 Å². The van der Waals surface area contributed by atoms with E-state index in [1.165, 1.54) is 29.3 Å². The van der Waals surface area contributed by atoms with E-state index in [2.05, 4.69) is 15.4 Å². The van der Waals surface area contributed by atoms with Crippen LogP contribution in [0.1, 0.15) is 12.0 Å². The Morgan fingerprint density at radius 2 is 1.88 bits per heavy atom. The van der Waals surface area contributed by atoms with E-state index in [0.29, 0.717) is 17.3 Å². The molecule has 1 aliphatic rings. The van der Waals surface area contributed by atoms with Crippen LogP contribution in [0.15, 0.2) is 78.0 Å². The Kier molecular flexibility index (Phi) is 6.07. The highest BCUT2D eigenvalue weighted by molar-refractivity contribution is 6.40. The predicted molar refractivity (Wildman–Crippen MR) is 117 cm³/mol. The van der Waals surface area contributed by atoms with Crippen molar-refractivity contribution in [1.29, 1.82) is 0 Å². The molecule has 0 saturated heterocycles. The Hall–Kier alpha value is -4.27. The van der Waals surface area contributed by atoms with E-state index in [4.69, 9.17) is 10.5 Å². The van der Waals surface area contributed by atoms with Crippen LogP contribution in [0.4, 0.5) is 10.1 Å². The van der Waals surface area contributed by atoms with Crippen molar-refractivity contribution in [2.75, 3.05) is 5.01 Å². The number of carbonyl (C=O) groups is 2. The van der Waals surface area contributed by atoms with Gasteiger partial charge in [0.2, 0.25) is 11.8 Å². The van der Waals surface area contributed by atoms with Crippen molar-refractivity contribution in [3.63, 3.8) is 0 Å². The maximum absolute atomic E-state index is 13.0. The van der Waals surface area contributed by atoms with Crippen molar-refractivity contribution in [2.24, 2.45) is 10.8 Å². The molecule has 1 aliphatic heterocycles. The molecule has 1 atom stereocenters. The lowest BCUT2D eigenvalue weighted by Gasteiger charge is -2.20. The van der Waals surface area contributed by atoms with Gasteiger partial charge in [-0.2, -0.15) is 5.10 Å². The second kappa shape index (κ2) is 9.25. The second-order valence-corrected chi connectivity index (χ2v) is 7.09. The highest BCUT2D eigenvalue weighted by Crippen LogP contribution is 2.24. The minimum absolute atomic E-state index is 0.116. The van der Waals surface area contributed by atoms with Crippen LogP contribution in [-0.4, -0.2) is 28.6 Å². The number of hydrogen-bond acceptors (Lipinski definition) is 6. The first-order valence-corrected chi connectivity index (χ1v) is 9.87. The molecule has 0 spiro atoms. The number of nitrogens with zero attached hydrogens (tertiary/aromatic N) is 3. The number of para-hydroxylation sites is 1. The fourth-order valence-corrected chi connectivity index (χ4v) is 3.21. The minimum Gasteiger partial charge on any atom is -0.439 e. The summed E-state index contributed by atoms with van der Waals surface area (Å²) in [4.78, 5) is 28.7. The summed E-state index contributed by atoms with van der Waals surface area (Å²) < 4.78 is 18.6. The van der Waals surface area contributed by atoms with Gasteiger partial charge in [-0.15, -0.1) is 0 Å². The van der Waals surface area contributed by atoms with Crippen molar-refractivity contribution in [1.82, 2.24) is 10.3 Å². The van der Waals surface area contributed by atoms with Gasteiger partial charge in [-0.05, 0) is 48.0 Å². The maximum atomic E-state index is 13.0. The molecular formula is C23H20FN5O3. The molecule has 162 valence electrons. The van der Waals surface area contributed by atoms with Crippen molar-refractivity contribution >= 4 is 23.2 Å². The summed E-state index contributed by atoms with van der Waals surface area (Å²) in [5.41, 5.74) is 7.15. The van der Waals surface area contributed by atoms with Gasteiger partial charge in [0.25, 0.3) is 5.91 Å². The number of aromatic nitrogens is 1. The minimum atomic E-state index is -0.727. The smallest absolute Gasteiger partial charge is 0.267 e. The Labute approximate surface area is 183 Å². The zero-order chi connectivity index (χ0) is 22.5. The molecule has 9 heteroatoms. The lowest BCUT2D eigenvalue weighted by atomic mass is 10.1. The van der Waals surface area contributed by atoms with E-state index in [1.807, 2.05) is 18.2 Å². The molecule has 32 heavy (non-hydrogen) atoms. The third-order valence-corrected chi connectivity index (χ3v) is 4.81. The topological polar surface area (TPSA) is 110 Å². The van der Waals surface area contributed by atoms with E-state index in [0.717, 1.165) is 5.56 Å². The molecule has 1 unspecified atom stereocenters. The molecule has 0 saturated carbocycles. The Bertz CT molecular complexity index is 1150. The van der Waals surface area contributed by atoms with Crippen LogP contribution in [0.25, 0.3) is 0 Å². The number of ether oxygens (including phenoxy) is 1. The SMILES string of the molecule is NC(=O)C1CC(C(=O)NCc2ccnc(Oc3ccc(F)cc3)c2)=NN1c1ccccc1.